The zero-order chi connectivity index (χ0) is 18.7. The Bertz CT molecular complexity index is 379. The predicted molar refractivity (Wildman–Crippen MR) is 65.2 cm³/mol. The lowest BCUT2D eigenvalue weighted by Gasteiger charge is -2.23. The summed E-state index contributed by atoms with van der Waals surface area (Å²) in [6.45, 7) is -1.62. The molecule has 0 radical (unpaired) electrons. The molecule has 0 saturated carbocycles. The normalized spacial score (nSPS) is 8.52. The number of aliphatic hydroxyl groups excluding tert-OH is 4. The standard InChI is InChI=1S/C5H12O4.2N4O3/c6-1-5(2-7,3-8)4-9;2*1-2-3-7-4(5)6/h6-9H,1-4H2;;. The summed E-state index contributed by atoms with van der Waals surface area (Å²) in [6.07, 6.45) is 0. The summed E-state index contributed by atoms with van der Waals surface area (Å²) in [5, 5.41) is 54.0. The van der Waals surface area contributed by atoms with Gasteiger partial charge in [0, 0.05) is 11.1 Å². The molecule has 0 aliphatic rings. The van der Waals surface area contributed by atoms with Gasteiger partial charge in [0.2, 0.25) is 0 Å². The number of hydrogen-bond donors (Lipinski definition) is 4. The summed E-state index contributed by atoms with van der Waals surface area (Å²) >= 11 is 0. The summed E-state index contributed by atoms with van der Waals surface area (Å²) < 4.78 is 0. The Morgan fingerprint density at radius 1 is 0.870 bits per heavy atom. The highest BCUT2D eigenvalue weighted by Crippen LogP contribution is 2.11. The molecule has 0 bridgehead atoms. The molecule has 0 saturated heterocycles. The van der Waals surface area contributed by atoms with Gasteiger partial charge in [-0.15, -0.1) is 0 Å². The monoisotopic (exact) mass is 344 g/mol. The van der Waals surface area contributed by atoms with E-state index in [9.17, 15) is 0 Å². The van der Waals surface area contributed by atoms with Crippen molar-refractivity contribution >= 4 is 0 Å². The third kappa shape index (κ3) is 18.9. The van der Waals surface area contributed by atoms with E-state index in [0.717, 1.165) is 0 Å². The van der Waals surface area contributed by atoms with E-state index in [1.165, 1.54) is 0 Å². The summed E-state index contributed by atoms with van der Waals surface area (Å²) in [7, 11) is 0. The van der Waals surface area contributed by atoms with Crippen LogP contribution in [0.1, 0.15) is 0 Å². The minimum atomic E-state index is -1.21. The molecule has 0 atom stereocenters. The van der Waals surface area contributed by atoms with E-state index >= 15 is 0 Å². The van der Waals surface area contributed by atoms with Crippen LogP contribution in [0.15, 0.2) is 10.6 Å². The minimum absolute atomic E-state index is 0.406. The van der Waals surface area contributed by atoms with Crippen LogP contribution in [0.3, 0.4) is 0 Å². The summed E-state index contributed by atoms with van der Waals surface area (Å²) in [5.41, 5.74) is 13.6. The summed E-state index contributed by atoms with van der Waals surface area (Å²) in [6, 6.07) is 0. The molecule has 132 valence electrons. The molecule has 4 N–H and O–H groups in total. The maximum atomic E-state index is 9.08. The molecule has 0 fully saturated rings. The quantitative estimate of drug-likeness (QED) is 0.134. The average Bonchev–Trinajstić information content (AvgIpc) is 2.55. The van der Waals surface area contributed by atoms with E-state index in [4.69, 9.17) is 51.7 Å². The molecule has 18 nitrogen and oxygen atoms in total. The summed E-state index contributed by atoms with van der Waals surface area (Å²) in [5.74, 6) is 0. The largest absolute Gasteiger partial charge is 0.524 e. The van der Waals surface area contributed by atoms with Crippen LogP contribution in [0.2, 0.25) is 0 Å². The Hall–Kier alpha value is -3.14. The van der Waals surface area contributed by atoms with Gasteiger partial charge in [-0.3, -0.25) is 0 Å². The predicted octanol–water partition coefficient (Wildman–Crippen LogP) is -1.22. The van der Waals surface area contributed by atoms with E-state index in [0.29, 0.717) is 0 Å². The van der Waals surface area contributed by atoms with Gasteiger partial charge in [-0.2, -0.15) is 0 Å². The Morgan fingerprint density at radius 3 is 1.17 bits per heavy atom. The molecule has 0 aliphatic carbocycles. The van der Waals surface area contributed by atoms with Crippen LogP contribution in [-0.4, -0.2) is 57.0 Å². The smallest absolute Gasteiger partial charge is 0.396 e. The van der Waals surface area contributed by atoms with Crippen LogP contribution in [0, 0.1) is 25.6 Å². The number of nitrogens with zero attached hydrogens (tertiary/aromatic N) is 8. The van der Waals surface area contributed by atoms with Crippen molar-refractivity contribution < 1.29 is 40.5 Å². The molecule has 0 aromatic carbocycles. The fourth-order valence-electron chi connectivity index (χ4n) is 0.392. The minimum Gasteiger partial charge on any atom is -0.396 e. The molecule has 18 heteroatoms. The molecule has 0 aromatic heterocycles. The van der Waals surface area contributed by atoms with E-state index < -0.39 is 42.0 Å². The number of aliphatic hydroxyl groups is 4. The maximum Gasteiger partial charge on any atom is 0.524 e. The third-order valence-corrected chi connectivity index (χ3v) is 1.62. The number of rotatable bonds is 8. The lowest BCUT2D eigenvalue weighted by atomic mass is 9.93. The highest BCUT2D eigenvalue weighted by atomic mass is 17.0. The first-order valence-corrected chi connectivity index (χ1v) is 4.94. The topological polar surface area (TPSA) is 283 Å². The van der Waals surface area contributed by atoms with Crippen LogP contribution in [-0.2, 0) is 9.88 Å². The van der Waals surface area contributed by atoms with Crippen LogP contribution >= 0.6 is 0 Å². The molecule has 0 heterocycles. The van der Waals surface area contributed by atoms with Crippen LogP contribution < -0.4 is 0 Å². The first-order chi connectivity index (χ1) is 10.8. The molecule has 0 aromatic rings. The number of hydrogen-bond acceptors (Lipinski definition) is 12. The van der Waals surface area contributed by atoms with Crippen molar-refractivity contribution in [2.45, 2.75) is 0 Å². The second kappa shape index (κ2) is 16.9. The van der Waals surface area contributed by atoms with Gasteiger partial charge < -0.3 is 20.4 Å². The lowest BCUT2D eigenvalue weighted by molar-refractivity contribution is -0.760. The van der Waals surface area contributed by atoms with Gasteiger partial charge in [0.05, 0.1) is 31.8 Å². The van der Waals surface area contributed by atoms with Gasteiger partial charge in [0.25, 0.3) is 9.82 Å². The van der Waals surface area contributed by atoms with E-state index in [1.54, 1.807) is 0 Å². The van der Waals surface area contributed by atoms with Crippen LogP contribution in [0.4, 0.5) is 0 Å². The fraction of sp³-hybridized carbons (Fsp3) is 1.00. The maximum absolute atomic E-state index is 9.08. The molecule has 0 spiro atoms. The average molecular weight is 344 g/mol. The SMILES string of the molecule is OCC(CO)(CO)CO.[N-]=[N+]=NO[N+](=O)[O-].[N-]=[N+]=NO[N+](=O)[O-]. The Balaban J connectivity index is -0.000000264. The lowest BCUT2D eigenvalue weighted by Crippen LogP contribution is -2.37. The van der Waals surface area contributed by atoms with Gasteiger partial charge in [-0.05, 0) is 0 Å². The fourth-order valence-corrected chi connectivity index (χ4v) is 0.392. The van der Waals surface area contributed by atoms with Crippen LogP contribution in [0.5, 0.6) is 0 Å². The first-order valence-electron chi connectivity index (χ1n) is 4.94. The van der Waals surface area contributed by atoms with Gasteiger partial charge in [-0.1, -0.05) is 9.88 Å². The first kappa shape index (κ1) is 24.9. The van der Waals surface area contributed by atoms with E-state index in [-0.39, 0.29) is 0 Å². The van der Waals surface area contributed by atoms with Crippen molar-refractivity contribution in [1.29, 1.82) is 0 Å². The molecular weight excluding hydrogens is 332 g/mol. The molecule has 0 rings (SSSR count). The number of azide groups is 2. The molecule has 0 unspecified atom stereocenters. The van der Waals surface area contributed by atoms with E-state index in [2.05, 4.69) is 20.4 Å². The highest BCUT2D eigenvalue weighted by Gasteiger charge is 2.26. The Morgan fingerprint density at radius 2 is 1.13 bits per heavy atom. The van der Waals surface area contributed by atoms with Crippen LogP contribution in [0.25, 0.3) is 20.9 Å². The highest BCUT2D eigenvalue weighted by molar-refractivity contribution is 4.74. The second-order valence-electron chi connectivity index (χ2n) is 3.09. The van der Waals surface area contributed by atoms with Gasteiger partial charge in [0.15, 0.2) is 10.2 Å². The molecule has 0 aliphatic heterocycles. The summed E-state index contributed by atoms with van der Waals surface area (Å²) in [4.78, 5) is 28.3. The Labute approximate surface area is 125 Å². The van der Waals surface area contributed by atoms with Crippen molar-refractivity contribution in [3.05, 3.63) is 41.1 Å². The molecular formula is C5H12N8O10. The zero-order valence-electron chi connectivity index (χ0n) is 11.1. The molecule has 23 heavy (non-hydrogen) atoms. The van der Waals surface area contributed by atoms with Crippen molar-refractivity contribution in [2.75, 3.05) is 26.4 Å². The van der Waals surface area contributed by atoms with E-state index in [1.807, 2.05) is 9.82 Å². The third-order valence-electron chi connectivity index (χ3n) is 1.62. The van der Waals surface area contributed by atoms with Crippen molar-refractivity contribution in [3.63, 3.8) is 0 Å². The van der Waals surface area contributed by atoms with Crippen molar-refractivity contribution in [1.82, 2.24) is 0 Å². The van der Waals surface area contributed by atoms with Gasteiger partial charge in [-0.25, -0.2) is 20.2 Å². The van der Waals surface area contributed by atoms with Crippen molar-refractivity contribution in [3.8, 4) is 0 Å². The van der Waals surface area contributed by atoms with Crippen molar-refractivity contribution in [2.24, 2.45) is 16.0 Å². The van der Waals surface area contributed by atoms with Gasteiger partial charge >= 0.3 is 10.6 Å². The Kier molecular flexibility index (Phi) is 18.3. The zero-order valence-corrected chi connectivity index (χ0v) is 11.1. The molecule has 0 amide bonds. The van der Waals surface area contributed by atoms with Gasteiger partial charge in [0.1, 0.15) is 0 Å². The second-order valence-corrected chi connectivity index (χ2v) is 3.09.